The number of methoxy groups -OCH3 is 1. The number of rotatable bonds is 6. The van der Waals surface area contributed by atoms with E-state index < -0.39 is 0 Å². The van der Waals surface area contributed by atoms with Gasteiger partial charge >= 0.3 is 0 Å². The summed E-state index contributed by atoms with van der Waals surface area (Å²) in [6, 6.07) is 11.5. The lowest BCUT2D eigenvalue weighted by molar-refractivity contribution is 0.0938. The van der Waals surface area contributed by atoms with E-state index in [-0.39, 0.29) is 11.8 Å². The molecule has 26 heavy (non-hydrogen) atoms. The highest BCUT2D eigenvalue weighted by atomic mass is 79.9. The number of hydrogen-bond acceptors (Lipinski definition) is 4. The summed E-state index contributed by atoms with van der Waals surface area (Å²) in [4.78, 5) is 12.6. The number of carbonyl (C=O) groups excluding carboxylic acids is 1. The third kappa shape index (κ3) is 4.12. The number of carbonyl (C=O) groups is 1. The zero-order valence-electron chi connectivity index (χ0n) is 14.9. The molecule has 2 aromatic carbocycles. The van der Waals surface area contributed by atoms with Crippen molar-refractivity contribution < 1.29 is 19.0 Å². The molecule has 0 radical (unpaired) electrons. The maximum Gasteiger partial charge on any atom is 0.251 e. The number of benzene rings is 2. The zero-order chi connectivity index (χ0) is 18.5. The van der Waals surface area contributed by atoms with E-state index in [0.29, 0.717) is 41.3 Å². The molecule has 3 rings (SSSR count). The second-order valence-electron chi connectivity index (χ2n) is 6.12. The van der Waals surface area contributed by atoms with E-state index in [1.165, 1.54) is 5.56 Å². The number of hydrogen-bond donors (Lipinski definition) is 1. The summed E-state index contributed by atoms with van der Waals surface area (Å²) in [6.45, 7) is 3.58. The van der Waals surface area contributed by atoms with E-state index in [2.05, 4.69) is 27.3 Å². The van der Waals surface area contributed by atoms with Gasteiger partial charge < -0.3 is 19.5 Å². The van der Waals surface area contributed by atoms with E-state index in [1.807, 2.05) is 25.1 Å². The van der Waals surface area contributed by atoms with E-state index in [0.717, 1.165) is 12.2 Å². The van der Waals surface area contributed by atoms with Crippen LogP contribution in [0.25, 0.3) is 0 Å². The summed E-state index contributed by atoms with van der Waals surface area (Å²) >= 11 is 3.45. The Morgan fingerprint density at radius 3 is 2.92 bits per heavy atom. The van der Waals surface area contributed by atoms with Crippen LogP contribution in [0.3, 0.4) is 0 Å². The van der Waals surface area contributed by atoms with Gasteiger partial charge in [-0.1, -0.05) is 18.2 Å². The van der Waals surface area contributed by atoms with Gasteiger partial charge in [-0.25, -0.2) is 0 Å². The number of amides is 1. The molecule has 1 N–H and O–H groups in total. The zero-order valence-corrected chi connectivity index (χ0v) is 16.5. The number of fused-ring (bicyclic) bond motifs is 1. The van der Waals surface area contributed by atoms with Gasteiger partial charge in [0.2, 0.25) is 0 Å². The molecular weight excluding hydrogens is 398 g/mol. The third-order valence-corrected chi connectivity index (χ3v) is 4.88. The van der Waals surface area contributed by atoms with Crippen molar-refractivity contribution in [3.63, 3.8) is 0 Å². The minimum absolute atomic E-state index is 0.147. The summed E-state index contributed by atoms with van der Waals surface area (Å²) < 4.78 is 17.4. The maximum absolute atomic E-state index is 12.6. The van der Waals surface area contributed by atoms with Crippen LogP contribution in [0.4, 0.5) is 0 Å². The van der Waals surface area contributed by atoms with Crippen LogP contribution in [0.15, 0.2) is 40.9 Å². The molecule has 1 heterocycles. The largest absolute Gasteiger partial charge is 0.493 e. The molecule has 5 nitrogen and oxygen atoms in total. The molecule has 1 aliphatic rings. The Balaban J connectivity index is 1.65. The molecular formula is C20H22BrNO4. The highest BCUT2D eigenvalue weighted by Crippen LogP contribution is 2.36. The SMILES string of the molecule is CCOc1c(Br)cc(C(=O)NCC2COc3ccccc3C2)cc1OC. The van der Waals surface area contributed by atoms with Crippen LogP contribution in [0.2, 0.25) is 0 Å². The minimum Gasteiger partial charge on any atom is -0.493 e. The van der Waals surface area contributed by atoms with Crippen LogP contribution in [0.5, 0.6) is 17.2 Å². The summed E-state index contributed by atoms with van der Waals surface area (Å²) in [6.07, 6.45) is 0.896. The molecule has 0 spiro atoms. The van der Waals surface area contributed by atoms with E-state index in [1.54, 1.807) is 19.2 Å². The molecule has 0 bridgehead atoms. The first-order chi connectivity index (χ1) is 12.6. The summed E-state index contributed by atoms with van der Waals surface area (Å²) in [7, 11) is 1.56. The van der Waals surface area contributed by atoms with E-state index in [9.17, 15) is 4.79 Å². The summed E-state index contributed by atoms with van der Waals surface area (Å²) in [5, 5.41) is 2.99. The lowest BCUT2D eigenvalue weighted by Gasteiger charge is -2.25. The summed E-state index contributed by atoms with van der Waals surface area (Å²) in [5.74, 6) is 2.17. The van der Waals surface area contributed by atoms with Gasteiger partial charge in [0.05, 0.1) is 24.8 Å². The molecule has 1 amide bonds. The molecule has 0 saturated carbocycles. The Labute approximate surface area is 161 Å². The topological polar surface area (TPSA) is 56.8 Å². The lowest BCUT2D eigenvalue weighted by Crippen LogP contribution is -2.34. The van der Waals surface area contributed by atoms with Crippen LogP contribution >= 0.6 is 15.9 Å². The number of nitrogens with one attached hydrogen (secondary N) is 1. The van der Waals surface area contributed by atoms with Crippen molar-refractivity contribution in [3.05, 3.63) is 52.0 Å². The Morgan fingerprint density at radius 1 is 1.35 bits per heavy atom. The fourth-order valence-electron chi connectivity index (χ4n) is 3.00. The second kappa shape index (κ2) is 8.45. The maximum atomic E-state index is 12.6. The van der Waals surface area contributed by atoms with Gasteiger partial charge in [-0.15, -0.1) is 0 Å². The highest BCUT2D eigenvalue weighted by Gasteiger charge is 2.21. The van der Waals surface area contributed by atoms with Crippen LogP contribution in [-0.4, -0.2) is 32.8 Å². The molecule has 1 atom stereocenters. The smallest absolute Gasteiger partial charge is 0.251 e. The van der Waals surface area contributed by atoms with Crippen molar-refractivity contribution in [3.8, 4) is 17.2 Å². The molecule has 0 aromatic heterocycles. The van der Waals surface area contributed by atoms with Gasteiger partial charge in [-0.05, 0) is 53.0 Å². The lowest BCUT2D eigenvalue weighted by atomic mass is 9.96. The Morgan fingerprint density at radius 2 is 2.15 bits per heavy atom. The van der Waals surface area contributed by atoms with Crippen molar-refractivity contribution in [1.29, 1.82) is 0 Å². The second-order valence-corrected chi connectivity index (χ2v) is 6.98. The first-order valence-corrected chi connectivity index (χ1v) is 9.41. The van der Waals surface area contributed by atoms with Crippen LogP contribution in [0.1, 0.15) is 22.8 Å². The van der Waals surface area contributed by atoms with Crippen LogP contribution < -0.4 is 19.5 Å². The van der Waals surface area contributed by atoms with Gasteiger partial charge in [-0.2, -0.15) is 0 Å². The standard InChI is InChI=1S/C20H22BrNO4/c1-3-25-19-16(21)9-15(10-18(19)24-2)20(23)22-11-13-8-14-6-4-5-7-17(14)26-12-13/h4-7,9-10,13H,3,8,11-12H2,1-2H3,(H,22,23). The predicted octanol–water partition coefficient (Wildman–Crippen LogP) is 3.84. The van der Waals surface area contributed by atoms with Crippen molar-refractivity contribution >= 4 is 21.8 Å². The van der Waals surface area contributed by atoms with E-state index >= 15 is 0 Å². The molecule has 0 saturated heterocycles. The monoisotopic (exact) mass is 419 g/mol. The Bertz CT molecular complexity index is 793. The van der Waals surface area contributed by atoms with Crippen molar-refractivity contribution in [2.75, 3.05) is 26.9 Å². The number of ether oxygens (including phenoxy) is 3. The van der Waals surface area contributed by atoms with Crippen LogP contribution in [-0.2, 0) is 6.42 Å². The van der Waals surface area contributed by atoms with E-state index in [4.69, 9.17) is 14.2 Å². The fourth-order valence-corrected chi connectivity index (χ4v) is 3.55. The summed E-state index contributed by atoms with van der Waals surface area (Å²) in [5.41, 5.74) is 1.71. The van der Waals surface area contributed by atoms with Crippen LogP contribution in [0, 0.1) is 5.92 Å². The van der Waals surface area contributed by atoms with Gasteiger partial charge in [0, 0.05) is 18.0 Å². The third-order valence-electron chi connectivity index (χ3n) is 4.29. The molecule has 138 valence electrons. The van der Waals surface area contributed by atoms with Crippen molar-refractivity contribution in [1.82, 2.24) is 5.32 Å². The van der Waals surface area contributed by atoms with Gasteiger partial charge in [-0.3, -0.25) is 4.79 Å². The molecule has 0 fully saturated rings. The quantitative estimate of drug-likeness (QED) is 0.772. The molecule has 6 heteroatoms. The fraction of sp³-hybridized carbons (Fsp3) is 0.350. The average molecular weight is 420 g/mol. The normalized spacial score (nSPS) is 15.6. The van der Waals surface area contributed by atoms with Gasteiger partial charge in [0.1, 0.15) is 5.75 Å². The molecule has 0 aliphatic carbocycles. The number of para-hydroxylation sites is 1. The van der Waals surface area contributed by atoms with Crippen molar-refractivity contribution in [2.45, 2.75) is 13.3 Å². The predicted molar refractivity (Wildman–Crippen MR) is 103 cm³/mol. The van der Waals surface area contributed by atoms with Gasteiger partial charge in [0.15, 0.2) is 11.5 Å². The minimum atomic E-state index is -0.147. The first kappa shape index (κ1) is 18.6. The molecule has 1 aliphatic heterocycles. The molecule has 2 aromatic rings. The average Bonchev–Trinajstić information content (AvgIpc) is 2.67. The Kier molecular flexibility index (Phi) is 6.04. The number of halogens is 1. The Hall–Kier alpha value is -2.21. The molecule has 1 unspecified atom stereocenters. The highest BCUT2D eigenvalue weighted by molar-refractivity contribution is 9.10. The van der Waals surface area contributed by atoms with Gasteiger partial charge in [0.25, 0.3) is 5.91 Å². The van der Waals surface area contributed by atoms with Crippen molar-refractivity contribution in [2.24, 2.45) is 5.92 Å². The first-order valence-electron chi connectivity index (χ1n) is 8.61.